The molecule has 1 amide bonds. The van der Waals surface area contributed by atoms with Crippen LogP contribution in [0.25, 0.3) is 6.08 Å². The number of thiophene rings is 1. The van der Waals surface area contributed by atoms with Gasteiger partial charge in [0.15, 0.2) is 0 Å². The van der Waals surface area contributed by atoms with Gasteiger partial charge in [0, 0.05) is 21.7 Å². The molecule has 8 heteroatoms. The molecule has 5 nitrogen and oxygen atoms in total. The molecule has 0 saturated heterocycles. The molecule has 0 aliphatic heterocycles. The Bertz CT molecular complexity index is 909. The number of nitriles is 1. The topological polar surface area (TPSA) is 79.2 Å². The number of nitrogens with zero attached hydrogens (tertiary/aromatic N) is 1. The highest BCUT2D eigenvalue weighted by atomic mass is 35.5. The lowest BCUT2D eigenvalue weighted by molar-refractivity contribution is -0.111. The highest BCUT2D eigenvalue weighted by Crippen LogP contribution is 2.33. The quantitative estimate of drug-likeness (QED) is 0.553. The van der Waals surface area contributed by atoms with Crippen LogP contribution in [0.1, 0.15) is 33.3 Å². The highest BCUT2D eigenvalue weighted by Gasteiger charge is 2.21. The first kappa shape index (κ1) is 20.0. The maximum absolute atomic E-state index is 12.2. The molecule has 2 rings (SSSR count). The number of amides is 1. The van der Waals surface area contributed by atoms with E-state index in [4.69, 9.17) is 27.9 Å². The molecule has 0 radical (unpaired) electrons. The zero-order chi connectivity index (χ0) is 19.3. The Labute approximate surface area is 164 Å². The van der Waals surface area contributed by atoms with Crippen molar-refractivity contribution in [3.8, 4) is 6.07 Å². The Morgan fingerprint density at radius 1 is 1.35 bits per heavy atom. The van der Waals surface area contributed by atoms with Crippen LogP contribution < -0.4 is 5.32 Å². The van der Waals surface area contributed by atoms with Crippen molar-refractivity contribution in [2.75, 3.05) is 11.9 Å². The van der Waals surface area contributed by atoms with Gasteiger partial charge in [-0.15, -0.1) is 11.3 Å². The van der Waals surface area contributed by atoms with E-state index in [9.17, 15) is 14.9 Å². The fraction of sp³-hybridized carbons (Fsp3) is 0.167. The van der Waals surface area contributed by atoms with Gasteiger partial charge in [-0.1, -0.05) is 29.3 Å². The summed E-state index contributed by atoms with van der Waals surface area (Å²) in [6.45, 7) is 3.55. The predicted molar refractivity (Wildman–Crippen MR) is 104 cm³/mol. The van der Waals surface area contributed by atoms with Crippen LogP contribution in [0.15, 0.2) is 24.3 Å². The van der Waals surface area contributed by atoms with Crippen molar-refractivity contribution in [1.82, 2.24) is 0 Å². The number of ether oxygens (including phenoxy) is 1. The number of benzene rings is 1. The SMILES string of the molecule is CCOC(=O)c1sc(NC(=O)C=Cc2c(Cl)cccc2Cl)c(C#N)c1C. The molecular weight excluding hydrogens is 395 g/mol. The maximum Gasteiger partial charge on any atom is 0.348 e. The van der Waals surface area contributed by atoms with Crippen LogP contribution in [0.2, 0.25) is 10.0 Å². The number of esters is 1. The van der Waals surface area contributed by atoms with Crippen molar-refractivity contribution in [3.63, 3.8) is 0 Å². The third kappa shape index (κ3) is 4.44. The Kier molecular flexibility index (Phi) is 6.81. The highest BCUT2D eigenvalue weighted by molar-refractivity contribution is 7.18. The summed E-state index contributed by atoms with van der Waals surface area (Å²) in [5.41, 5.74) is 1.22. The number of carbonyl (C=O) groups excluding carboxylic acids is 2. The zero-order valence-corrected chi connectivity index (χ0v) is 16.3. The van der Waals surface area contributed by atoms with Gasteiger partial charge in [-0.05, 0) is 37.6 Å². The normalized spacial score (nSPS) is 10.6. The molecule has 0 aliphatic carbocycles. The minimum absolute atomic E-state index is 0.223. The second kappa shape index (κ2) is 8.86. The first-order chi connectivity index (χ1) is 12.4. The fourth-order valence-corrected chi connectivity index (χ4v) is 3.69. The molecule has 0 unspecified atom stereocenters. The van der Waals surface area contributed by atoms with Crippen molar-refractivity contribution >= 4 is 57.5 Å². The second-order valence-electron chi connectivity index (χ2n) is 5.05. The lowest BCUT2D eigenvalue weighted by atomic mass is 10.1. The average molecular weight is 409 g/mol. The molecule has 1 aromatic heterocycles. The molecule has 1 aromatic carbocycles. The largest absolute Gasteiger partial charge is 0.462 e. The van der Waals surface area contributed by atoms with E-state index in [1.165, 1.54) is 12.2 Å². The van der Waals surface area contributed by atoms with Crippen LogP contribution in [0.4, 0.5) is 5.00 Å². The molecule has 0 atom stereocenters. The summed E-state index contributed by atoms with van der Waals surface area (Å²) in [6, 6.07) is 7.02. The van der Waals surface area contributed by atoms with Gasteiger partial charge in [0.1, 0.15) is 15.9 Å². The van der Waals surface area contributed by atoms with Gasteiger partial charge in [-0.2, -0.15) is 5.26 Å². The van der Waals surface area contributed by atoms with Gasteiger partial charge >= 0.3 is 5.97 Å². The number of anilines is 1. The average Bonchev–Trinajstić information content (AvgIpc) is 2.90. The van der Waals surface area contributed by atoms with Gasteiger partial charge < -0.3 is 10.1 Å². The van der Waals surface area contributed by atoms with Crippen LogP contribution in [0.3, 0.4) is 0 Å². The number of nitrogens with one attached hydrogen (secondary N) is 1. The summed E-state index contributed by atoms with van der Waals surface area (Å²) in [4.78, 5) is 24.4. The molecule has 1 N–H and O–H groups in total. The lowest BCUT2D eigenvalue weighted by Gasteiger charge is -2.02. The minimum Gasteiger partial charge on any atom is -0.462 e. The van der Waals surface area contributed by atoms with Gasteiger partial charge in [-0.25, -0.2) is 4.79 Å². The van der Waals surface area contributed by atoms with Crippen LogP contribution in [-0.4, -0.2) is 18.5 Å². The lowest BCUT2D eigenvalue weighted by Crippen LogP contribution is -2.07. The third-order valence-electron chi connectivity index (χ3n) is 3.36. The van der Waals surface area contributed by atoms with Crippen molar-refractivity contribution < 1.29 is 14.3 Å². The van der Waals surface area contributed by atoms with Gasteiger partial charge in [0.2, 0.25) is 5.91 Å². The van der Waals surface area contributed by atoms with E-state index in [0.29, 0.717) is 21.2 Å². The summed E-state index contributed by atoms with van der Waals surface area (Å²) in [5, 5.41) is 13.0. The molecule has 0 aliphatic rings. The third-order valence-corrected chi connectivity index (χ3v) is 5.20. The van der Waals surface area contributed by atoms with Gasteiger partial charge in [0.05, 0.1) is 12.2 Å². The summed E-state index contributed by atoms with van der Waals surface area (Å²) < 4.78 is 4.96. The van der Waals surface area contributed by atoms with Crippen molar-refractivity contribution in [1.29, 1.82) is 5.26 Å². The zero-order valence-electron chi connectivity index (χ0n) is 13.9. The molecule has 0 spiro atoms. The molecule has 26 heavy (non-hydrogen) atoms. The number of hydrogen-bond donors (Lipinski definition) is 1. The molecule has 0 saturated carbocycles. The van der Waals surface area contributed by atoms with E-state index < -0.39 is 11.9 Å². The van der Waals surface area contributed by atoms with Crippen LogP contribution in [-0.2, 0) is 9.53 Å². The van der Waals surface area contributed by atoms with Crippen molar-refractivity contribution in [3.05, 3.63) is 55.9 Å². The van der Waals surface area contributed by atoms with E-state index in [-0.39, 0.29) is 22.0 Å². The number of halogens is 2. The minimum atomic E-state index is -0.523. The van der Waals surface area contributed by atoms with E-state index in [1.807, 2.05) is 6.07 Å². The maximum atomic E-state index is 12.2. The molecule has 2 aromatic rings. The Balaban J connectivity index is 2.24. The molecule has 0 bridgehead atoms. The molecule has 1 heterocycles. The molecule has 134 valence electrons. The summed E-state index contributed by atoms with van der Waals surface area (Å²) in [6.07, 6.45) is 2.74. The number of carbonyl (C=O) groups is 2. The van der Waals surface area contributed by atoms with Crippen molar-refractivity contribution in [2.24, 2.45) is 0 Å². The van der Waals surface area contributed by atoms with Crippen LogP contribution >= 0.6 is 34.5 Å². The number of rotatable bonds is 5. The Morgan fingerprint density at radius 2 is 2.00 bits per heavy atom. The Morgan fingerprint density at radius 3 is 2.58 bits per heavy atom. The van der Waals surface area contributed by atoms with E-state index in [2.05, 4.69) is 5.32 Å². The van der Waals surface area contributed by atoms with Gasteiger partial charge in [-0.3, -0.25) is 4.79 Å². The van der Waals surface area contributed by atoms with Gasteiger partial charge in [0.25, 0.3) is 0 Å². The monoisotopic (exact) mass is 408 g/mol. The summed E-state index contributed by atoms with van der Waals surface area (Å²) in [5.74, 6) is -1.00. The van der Waals surface area contributed by atoms with E-state index in [1.54, 1.807) is 32.0 Å². The molecular formula is C18H14Cl2N2O3S. The summed E-state index contributed by atoms with van der Waals surface area (Å²) >= 11 is 13.1. The fourth-order valence-electron chi connectivity index (χ4n) is 2.11. The Hall–Kier alpha value is -2.33. The smallest absolute Gasteiger partial charge is 0.348 e. The standard InChI is InChI=1S/C18H14Cl2N2O3S/c1-3-25-18(24)16-10(2)12(9-21)17(26-16)22-15(23)8-7-11-13(19)5-4-6-14(11)20/h4-8H,3H2,1-2H3,(H,22,23). The molecule has 0 fully saturated rings. The van der Waals surface area contributed by atoms with Crippen LogP contribution in [0, 0.1) is 18.3 Å². The summed E-state index contributed by atoms with van der Waals surface area (Å²) in [7, 11) is 0. The van der Waals surface area contributed by atoms with Crippen molar-refractivity contribution in [2.45, 2.75) is 13.8 Å². The van der Waals surface area contributed by atoms with Crippen LogP contribution in [0.5, 0.6) is 0 Å². The predicted octanol–water partition coefficient (Wildman–Crippen LogP) is 5.06. The van der Waals surface area contributed by atoms with E-state index >= 15 is 0 Å². The first-order valence-electron chi connectivity index (χ1n) is 7.52. The van der Waals surface area contributed by atoms with E-state index in [0.717, 1.165) is 11.3 Å². The number of hydrogen-bond acceptors (Lipinski definition) is 5. The first-order valence-corrected chi connectivity index (χ1v) is 9.10. The second-order valence-corrected chi connectivity index (χ2v) is 6.89.